The first-order chi connectivity index (χ1) is 12.8. The average molecular weight is 394 g/mol. The maximum Gasteiger partial charge on any atom is 0.416 e. The number of carbonyl (C=O) groups excluding carboxylic acids is 1. The zero-order valence-corrected chi connectivity index (χ0v) is 15.9. The molecule has 1 heterocycles. The molecule has 1 N–H and O–H groups in total. The zero-order chi connectivity index (χ0) is 19.6. The van der Waals surface area contributed by atoms with Crippen molar-refractivity contribution in [2.24, 2.45) is 0 Å². The number of nitrogens with zero attached hydrogens (tertiary/aromatic N) is 1. The first kappa shape index (κ1) is 19.6. The summed E-state index contributed by atoms with van der Waals surface area (Å²) in [6.07, 6.45) is -4.36. The third-order valence-corrected chi connectivity index (χ3v) is 5.76. The van der Waals surface area contributed by atoms with E-state index in [-0.39, 0.29) is 11.4 Å². The lowest BCUT2D eigenvalue weighted by Gasteiger charge is -2.25. The van der Waals surface area contributed by atoms with Gasteiger partial charge < -0.3 is 10.2 Å². The van der Waals surface area contributed by atoms with Crippen molar-refractivity contribution in [3.8, 4) is 0 Å². The summed E-state index contributed by atoms with van der Waals surface area (Å²) in [5.74, 6) is 1.15. The topological polar surface area (TPSA) is 32.3 Å². The number of alkyl halides is 3. The Balaban J connectivity index is 1.71. The Bertz CT molecular complexity index is 788. The van der Waals surface area contributed by atoms with Crippen molar-refractivity contribution < 1.29 is 18.0 Å². The molecule has 0 saturated carbocycles. The number of carbonyl (C=O) groups is 1. The summed E-state index contributed by atoms with van der Waals surface area (Å²) in [6.45, 7) is 4.75. The minimum absolute atomic E-state index is 0.248. The highest BCUT2D eigenvalue weighted by atomic mass is 32.2. The molecule has 2 aromatic rings. The highest BCUT2D eigenvalue weighted by Crippen LogP contribution is 2.39. The fourth-order valence-electron chi connectivity index (χ4n) is 2.94. The molecule has 0 aliphatic carbocycles. The summed E-state index contributed by atoms with van der Waals surface area (Å²) in [5, 5.41) is 2.59. The molecule has 0 unspecified atom stereocenters. The molecule has 3 nitrogen and oxygen atoms in total. The van der Waals surface area contributed by atoms with Crippen molar-refractivity contribution in [2.75, 3.05) is 17.6 Å². The van der Waals surface area contributed by atoms with E-state index >= 15 is 0 Å². The van der Waals surface area contributed by atoms with Crippen molar-refractivity contribution in [2.45, 2.75) is 31.3 Å². The van der Waals surface area contributed by atoms with Crippen LogP contribution in [0.15, 0.2) is 48.5 Å². The molecule has 3 rings (SSSR count). The zero-order valence-electron chi connectivity index (χ0n) is 15.1. The first-order valence-electron chi connectivity index (χ1n) is 8.72. The van der Waals surface area contributed by atoms with Gasteiger partial charge in [-0.05, 0) is 41.3 Å². The van der Waals surface area contributed by atoms with E-state index in [9.17, 15) is 18.0 Å². The Hall–Kier alpha value is -2.15. The van der Waals surface area contributed by atoms with Crippen molar-refractivity contribution in [3.63, 3.8) is 0 Å². The summed E-state index contributed by atoms with van der Waals surface area (Å²) < 4.78 is 38.2. The van der Waals surface area contributed by atoms with Gasteiger partial charge in [0.25, 0.3) is 0 Å². The second kappa shape index (κ2) is 7.84. The predicted molar refractivity (Wildman–Crippen MR) is 103 cm³/mol. The van der Waals surface area contributed by atoms with E-state index in [2.05, 4.69) is 19.2 Å². The van der Waals surface area contributed by atoms with Crippen LogP contribution in [-0.4, -0.2) is 23.2 Å². The Morgan fingerprint density at radius 1 is 1.11 bits per heavy atom. The minimum Gasteiger partial charge on any atom is -0.308 e. The van der Waals surface area contributed by atoms with Crippen LogP contribution in [0.4, 0.5) is 23.7 Å². The number of hydrogen-bond donors (Lipinski definition) is 1. The van der Waals surface area contributed by atoms with Crippen LogP contribution < -0.4 is 5.32 Å². The first-order valence-corrected chi connectivity index (χ1v) is 9.77. The quantitative estimate of drug-likeness (QED) is 0.681. The molecular weight excluding hydrogens is 373 g/mol. The van der Waals surface area contributed by atoms with Crippen molar-refractivity contribution in [3.05, 3.63) is 65.2 Å². The fourth-order valence-corrected chi connectivity index (χ4v) is 4.19. The second-order valence-corrected chi connectivity index (χ2v) is 7.93. The smallest absolute Gasteiger partial charge is 0.308 e. The van der Waals surface area contributed by atoms with Gasteiger partial charge in [0.05, 0.1) is 5.56 Å². The molecule has 1 aliphatic rings. The lowest BCUT2D eigenvalue weighted by molar-refractivity contribution is -0.137. The largest absolute Gasteiger partial charge is 0.416 e. The summed E-state index contributed by atoms with van der Waals surface area (Å²) in [5.41, 5.74) is 1.89. The monoisotopic (exact) mass is 394 g/mol. The van der Waals surface area contributed by atoms with E-state index in [1.165, 1.54) is 17.7 Å². The van der Waals surface area contributed by atoms with E-state index in [1.807, 2.05) is 24.3 Å². The molecule has 1 saturated heterocycles. The Morgan fingerprint density at radius 2 is 1.74 bits per heavy atom. The highest BCUT2D eigenvalue weighted by molar-refractivity contribution is 7.99. The van der Waals surface area contributed by atoms with E-state index in [4.69, 9.17) is 0 Å². The number of rotatable bonds is 3. The molecule has 1 aliphatic heterocycles. The van der Waals surface area contributed by atoms with Gasteiger partial charge in [0.2, 0.25) is 0 Å². The molecule has 2 amide bonds. The van der Waals surface area contributed by atoms with E-state index < -0.39 is 11.7 Å². The van der Waals surface area contributed by atoms with Gasteiger partial charge in [-0.25, -0.2) is 4.79 Å². The molecule has 144 valence electrons. The normalized spacial score (nSPS) is 17.4. The van der Waals surface area contributed by atoms with Gasteiger partial charge in [-0.1, -0.05) is 38.1 Å². The van der Waals surface area contributed by atoms with Crippen LogP contribution in [0.25, 0.3) is 0 Å². The summed E-state index contributed by atoms with van der Waals surface area (Å²) >= 11 is 1.55. The van der Waals surface area contributed by atoms with E-state index in [0.29, 0.717) is 23.7 Å². The number of amides is 2. The Labute approximate surface area is 160 Å². The summed E-state index contributed by atoms with van der Waals surface area (Å²) in [7, 11) is 0. The third-order valence-electron chi connectivity index (χ3n) is 4.50. The van der Waals surface area contributed by atoms with Crippen LogP contribution in [0.2, 0.25) is 0 Å². The lowest BCUT2D eigenvalue weighted by atomic mass is 10.0. The number of nitrogens with one attached hydrogen (secondary N) is 1. The number of thioether (sulfide) groups is 1. The molecule has 0 bridgehead atoms. The van der Waals surface area contributed by atoms with Crippen LogP contribution in [-0.2, 0) is 6.18 Å². The van der Waals surface area contributed by atoms with E-state index in [0.717, 1.165) is 17.9 Å². The van der Waals surface area contributed by atoms with Gasteiger partial charge in [-0.2, -0.15) is 13.2 Å². The molecule has 1 atom stereocenters. The molecule has 2 aromatic carbocycles. The van der Waals surface area contributed by atoms with E-state index in [1.54, 1.807) is 16.7 Å². The van der Waals surface area contributed by atoms with Crippen molar-refractivity contribution in [1.29, 1.82) is 0 Å². The number of urea groups is 1. The average Bonchev–Trinajstić information content (AvgIpc) is 3.11. The van der Waals surface area contributed by atoms with Crippen LogP contribution in [0, 0.1) is 0 Å². The van der Waals surface area contributed by atoms with Gasteiger partial charge in [0.15, 0.2) is 0 Å². The maximum atomic E-state index is 12.7. The van der Waals surface area contributed by atoms with Crippen molar-refractivity contribution in [1.82, 2.24) is 4.90 Å². The third kappa shape index (κ3) is 4.58. The lowest BCUT2D eigenvalue weighted by Crippen LogP contribution is -2.34. The highest BCUT2D eigenvalue weighted by Gasteiger charge is 2.33. The standard InChI is InChI=1S/C20H21F3N2OS/c1-13(2)14-5-9-17(10-6-14)24-19(26)25-11-12-27-18(25)15-3-7-16(8-4-15)20(21,22)23/h3-10,13,18H,11-12H2,1-2H3,(H,24,26)/t18-/m1/s1. The second-order valence-electron chi connectivity index (χ2n) is 6.74. The van der Waals surface area contributed by atoms with Gasteiger partial charge in [-0.3, -0.25) is 0 Å². The Morgan fingerprint density at radius 3 is 2.30 bits per heavy atom. The molecular formula is C20H21F3N2OS. The maximum absolute atomic E-state index is 12.7. The van der Waals surface area contributed by atoms with Gasteiger partial charge in [0, 0.05) is 18.0 Å². The van der Waals surface area contributed by atoms with Gasteiger partial charge in [-0.15, -0.1) is 11.8 Å². The van der Waals surface area contributed by atoms with Crippen LogP contribution >= 0.6 is 11.8 Å². The fraction of sp³-hybridized carbons (Fsp3) is 0.350. The number of halogens is 3. The predicted octanol–water partition coefficient (Wildman–Crippen LogP) is 6.11. The Kier molecular flexibility index (Phi) is 5.69. The molecule has 7 heteroatoms. The molecule has 0 radical (unpaired) electrons. The molecule has 0 spiro atoms. The number of hydrogen-bond acceptors (Lipinski definition) is 2. The number of benzene rings is 2. The van der Waals surface area contributed by atoms with Crippen LogP contribution in [0.5, 0.6) is 0 Å². The van der Waals surface area contributed by atoms with Crippen molar-refractivity contribution >= 4 is 23.5 Å². The van der Waals surface area contributed by atoms with Crippen LogP contribution in [0.1, 0.15) is 41.8 Å². The molecule has 1 fully saturated rings. The summed E-state index contributed by atoms with van der Waals surface area (Å²) in [6, 6.07) is 12.5. The minimum atomic E-state index is -4.36. The molecule has 27 heavy (non-hydrogen) atoms. The number of anilines is 1. The van der Waals surface area contributed by atoms with Gasteiger partial charge >= 0.3 is 12.2 Å². The molecule has 0 aromatic heterocycles. The van der Waals surface area contributed by atoms with Gasteiger partial charge in [0.1, 0.15) is 5.37 Å². The van der Waals surface area contributed by atoms with Crippen LogP contribution in [0.3, 0.4) is 0 Å². The summed E-state index contributed by atoms with van der Waals surface area (Å²) in [4.78, 5) is 14.3. The SMILES string of the molecule is CC(C)c1ccc(NC(=O)N2CCS[C@@H]2c2ccc(C(F)(F)F)cc2)cc1.